The second-order valence-electron chi connectivity index (χ2n) is 6.98. The maximum atomic E-state index is 9.10. The molecule has 1 saturated heterocycles. The fourth-order valence-corrected chi connectivity index (χ4v) is 3.06. The van der Waals surface area contributed by atoms with E-state index in [1.165, 1.54) is 32.7 Å². The highest BCUT2D eigenvalue weighted by Gasteiger charge is 2.14. The number of piperazine rings is 1. The standard InChI is InChI=1S/C21H28N2O2.C2H2O4/c1-2-22-13-15-23(16-14-22)12-7-17-24-20-10-6-11-21(18-20)25-19-8-4-3-5-9-19;3-1(4)2(5)6/h3-6,8-11,18H,2,7,12-17H2,1H3;(H,3,4)(H,5,6). The molecule has 8 nitrogen and oxygen atoms in total. The number of nitrogens with zero attached hydrogens (tertiary/aromatic N) is 2. The fraction of sp³-hybridized carbons (Fsp3) is 0.391. The molecule has 2 aromatic carbocycles. The molecule has 0 unspecified atom stereocenters. The zero-order chi connectivity index (χ0) is 22.5. The van der Waals surface area contributed by atoms with Crippen LogP contribution in [0.15, 0.2) is 54.6 Å². The average molecular weight is 431 g/mol. The van der Waals surface area contributed by atoms with Crippen molar-refractivity contribution < 1.29 is 29.3 Å². The summed E-state index contributed by atoms with van der Waals surface area (Å²) in [5.41, 5.74) is 0. The Labute approximate surface area is 182 Å². The van der Waals surface area contributed by atoms with Crippen molar-refractivity contribution in [3.63, 3.8) is 0 Å². The van der Waals surface area contributed by atoms with Gasteiger partial charge in [0.25, 0.3) is 0 Å². The summed E-state index contributed by atoms with van der Waals surface area (Å²) in [5.74, 6) is -1.14. The van der Waals surface area contributed by atoms with Crippen LogP contribution in [0.5, 0.6) is 17.2 Å². The number of likely N-dealkylation sites (N-methyl/N-ethyl adjacent to an activating group) is 1. The van der Waals surface area contributed by atoms with Gasteiger partial charge < -0.3 is 29.5 Å². The molecule has 168 valence electrons. The van der Waals surface area contributed by atoms with Crippen molar-refractivity contribution in [1.82, 2.24) is 9.80 Å². The van der Waals surface area contributed by atoms with Crippen LogP contribution in [0.3, 0.4) is 0 Å². The number of hydrogen-bond acceptors (Lipinski definition) is 6. The number of benzene rings is 2. The quantitative estimate of drug-likeness (QED) is 0.487. The molecule has 0 atom stereocenters. The van der Waals surface area contributed by atoms with Gasteiger partial charge in [-0.15, -0.1) is 0 Å². The van der Waals surface area contributed by atoms with Gasteiger partial charge in [0.1, 0.15) is 17.2 Å². The Morgan fingerprint density at radius 2 is 1.42 bits per heavy atom. The molecule has 31 heavy (non-hydrogen) atoms. The lowest BCUT2D eigenvalue weighted by atomic mass is 10.3. The van der Waals surface area contributed by atoms with Gasteiger partial charge in [-0.05, 0) is 37.2 Å². The van der Waals surface area contributed by atoms with E-state index >= 15 is 0 Å². The van der Waals surface area contributed by atoms with E-state index in [1.807, 2.05) is 54.6 Å². The molecule has 1 aliphatic rings. The molecule has 0 aliphatic carbocycles. The number of hydrogen-bond donors (Lipinski definition) is 2. The molecule has 8 heteroatoms. The van der Waals surface area contributed by atoms with Crippen LogP contribution in [0.25, 0.3) is 0 Å². The molecule has 0 bridgehead atoms. The van der Waals surface area contributed by atoms with E-state index in [9.17, 15) is 0 Å². The Bertz CT molecular complexity index is 795. The van der Waals surface area contributed by atoms with Crippen molar-refractivity contribution in [3.05, 3.63) is 54.6 Å². The van der Waals surface area contributed by atoms with Crippen molar-refractivity contribution in [2.75, 3.05) is 45.9 Å². The molecule has 3 rings (SSSR count). The maximum Gasteiger partial charge on any atom is 0.414 e. The first-order valence-corrected chi connectivity index (χ1v) is 10.3. The number of rotatable bonds is 8. The zero-order valence-corrected chi connectivity index (χ0v) is 17.8. The Hall–Kier alpha value is -3.10. The van der Waals surface area contributed by atoms with Crippen LogP contribution >= 0.6 is 0 Å². The van der Waals surface area contributed by atoms with Crippen molar-refractivity contribution in [2.24, 2.45) is 0 Å². The molecule has 0 amide bonds. The van der Waals surface area contributed by atoms with Gasteiger partial charge in [0.15, 0.2) is 0 Å². The molecular weight excluding hydrogens is 400 g/mol. The van der Waals surface area contributed by atoms with Crippen LogP contribution in [-0.4, -0.2) is 77.8 Å². The summed E-state index contributed by atoms with van der Waals surface area (Å²) < 4.78 is 11.7. The topological polar surface area (TPSA) is 99.5 Å². The van der Waals surface area contributed by atoms with E-state index in [0.29, 0.717) is 0 Å². The van der Waals surface area contributed by atoms with Crippen LogP contribution in [0.2, 0.25) is 0 Å². The van der Waals surface area contributed by atoms with Crippen LogP contribution in [-0.2, 0) is 9.59 Å². The number of carbonyl (C=O) groups is 2. The number of para-hydroxylation sites is 1. The van der Waals surface area contributed by atoms with Crippen LogP contribution in [0, 0.1) is 0 Å². The molecule has 0 saturated carbocycles. The first kappa shape index (κ1) is 24.2. The maximum absolute atomic E-state index is 9.10. The van der Waals surface area contributed by atoms with E-state index < -0.39 is 11.9 Å². The predicted molar refractivity (Wildman–Crippen MR) is 117 cm³/mol. The first-order chi connectivity index (χ1) is 15.0. The molecule has 0 radical (unpaired) electrons. The van der Waals surface area contributed by atoms with Gasteiger partial charge in [0.05, 0.1) is 6.61 Å². The highest BCUT2D eigenvalue weighted by molar-refractivity contribution is 6.27. The lowest BCUT2D eigenvalue weighted by Crippen LogP contribution is -2.46. The highest BCUT2D eigenvalue weighted by atomic mass is 16.5. The third-order valence-corrected chi connectivity index (χ3v) is 4.77. The summed E-state index contributed by atoms with van der Waals surface area (Å²) in [6.45, 7) is 9.98. The molecular formula is C23H30N2O6. The summed E-state index contributed by atoms with van der Waals surface area (Å²) in [4.78, 5) is 23.2. The van der Waals surface area contributed by atoms with E-state index in [-0.39, 0.29) is 0 Å². The van der Waals surface area contributed by atoms with Crippen molar-refractivity contribution >= 4 is 11.9 Å². The van der Waals surface area contributed by atoms with Crippen molar-refractivity contribution in [2.45, 2.75) is 13.3 Å². The third-order valence-electron chi connectivity index (χ3n) is 4.77. The average Bonchev–Trinajstić information content (AvgIpc) is 2.78. The molecule has 0 aromatic heterocycles. The Kier molecular flexibility index (Phi) is 10.3. The lowest BCUT2D eigenvalue weighted by molar-refractivity contribution is -0.159. The lowest BCUT2D eigenvalue weighted by Gasteiger charge is -2.33. The molecule has 2 N–H and O–H groups in total. The molecule has 2 aromatic rings. The Balaban J connectivity index is 0.000000501. The molecule has 1 fully saturated rings. The van der Waals surface area contributed by atoms with Gasteiger partial charge in [0.2, 0.25) is 0 Å². The monoisotopic (exact) mass is 430 g/mol. The Morgan fingerprint density at radius 1 is 0.839 bits per heavy atom. The summed E-state index contributed by atoms with van der Waals surface area (Å²) in [5, 5.41) is 14.8. The number of ether oxygens (including phenoxy) is 2. The molecule has 1 heterocycles. The largest absolute Gasteiger partial charge is 0.493 e. The fourth-order valence-electron chi connectivity index (χ4n) is 3.06. The van der Waals surface area contributed by atoms with E-state index in [0.717, 1.165) is 36.8 Å². The van der Waals surface area contributed by atoms with Crippen molar-refractivity contribution in [1.29, 1.82) is 0 Å². The minimum absolute atomic E-state index is 0.739. The van der Waals surface area contributed by atoms with Gasteiger partial charge in [-0.3, -0.25) is 0 Å². The van der Waals surface area contributed by atoms with Crippen LogP contribution < -0.4 is 9.47 Å². The highest BCUT2D eigenvalue weighted by Crippen LogP contribution is 2.25. The summed E-state index contributed by atoms with van der Waals surface area (Å²) in [6, 6.07) is 17.7. The number of carboxylic acid groups (broad SMARTS) is 2. The Morgan fingerprint density at radius 3 is 2.03 bits per heavy atom. The molecule has 0 spiro atoms. The van der Waals surface area contributed by atoms with E-state index in [1.54, 1.807) is 0 Å². The predicted octanol–water partition coefficient (Wildman–Crippen LogP) is 3.04. The van der Waals surface area contributed by atoms with E-state index in [4.69, 9.17) is 29.3 Å². The van der Waals surface area contributed by atoms with Gasteiger partial charge in [-0.25, -0.2) is 9.59 Å². The smallest absolute Gasteiger partial charge is 0.414 e. The third kappa shape index (κ3) is 9.50. The van der Waals surface area contributed by atoms with Crippen LogP contribution in [0.1, 0.15) is 13.3 Å². The van der Waals surface area contributed by atoms with Gasteiger partial charge in [-0.2, -0.15) is 0 Å². The second-order valence-corrected chi connectivity index (χ2v) is 6.98. The van der Waals surface area contributed by atoms with E-state index in [2.05, 4.69) is 16.7 Å². The minimum Gasteiger partial charge on any atom is -0.493 e. The van der Waals surface area contributed by atoms with Crippen molar-refractivity contribution in [3.8, 4) is 17.2 Å². The van der Waals surface area contributed by atoms with Gasteiger partial charge >= 0.3 is 11.9 Å². The van der Waals surface area contributed by atoms with Gasteiger partial charge in [-0.1, -0.05) is 31.2 Å². The SMILES string of the molecule is CCN1CCN(CCCOc2cccc(Oc3ccccc3)c2)CC1.O=C(O)C(=O)O. The number of aliphatic carboxylic acids is 2. The number of carboxylic acids is 2. The summed E-state index contributed by atoms with van der Waals surface area (Å²) in [7, 11) is 0. The summed E-state index contributed by atoms with van der Waals surface area (Å²) in [6.07, 6.45) is 1.05. The second kappa shape index (κ2) is 13.3. The first-order valence-electron chi connectivity index (χ1n) is 10.3. The molecule has 1 aliphatic heterocycles. The van der Waals surface area contributed by atoms with Gasteiger partial charge in [0, 0.05) is 38.8 Å². The zero-order valence-electron chi connectivity index (χ0n) is 17.8. The van der Waals surface area contributed by atoms with Crippen LogP contribution in [0.4, 0.5) is 0 Å². The normalized spacial score (nSPS) is 14.2. The summed E-state index contributed by atoms with van der Waals surface area (Å²) >= 11 is 0. The minimum atomic E-state index is -1.82.